The number of likely N-dealkylation sites (tertiary alicyclic amines) is 1. The number of fused-ring (bicyclic) bond motifs is 3. The van der Waals surface area contributed by atoms with Gasteiger partial charge in [0.05, 0.1) is 0 Å². The molecule has 4 rings (SSSR count). The minimum absolute atomic E-state index is 0.442. The normalized spacial score (nSPS) is 37.5. The van der Waals surface area contributed by atoms with Crippen LogP contribution >= 0.6 is 0 Å². The average molecular weight is 257 g/mol. The van der Waals surface area contributed by atoms with E-state index in [2.05, 4.69) is 18.0 Å². The molecular formula is C17H23NO. The Bertz CT molecular complexity index is 512. The van der Waals surface area contributed by atoms with Gasteiger partial charge in [0.15, 0.2) is 0 Å². The highest BCUT2D eigenvalue weighted by Crippen LogP contribution is 2.56. The van der Waals surface area contributed by atoms with E-state index >= 15 is 0 Å². The molecule has 0 unspecified atom stereocenters. The molecule has 2 nitrogen and oxygen atoms in total. The van der Waals surface area contributed by atoms with Gasteiger partial charge in [0.1, 0.15) is 5.75 Å². The zero-order chi connectivity index (χ0) is 13.0. The molecule has 1 heterocycles. The van der Waals surface area contributed by atoms with Crippen LogP contribution in [0.3, 0.4) is 0 Å². The fraction of sp³-hybridized carbons (Fsp3) is 0.647. The van der Waals surface area contributed by atoms with Crippen LogP contribution in [0.2, 0.25) is 0 Å². The Balaban J connectivity index is 1.77. The molecule has 1 spiro atoms. The summed E-state index contributed by atoms with van der Waals surface area (Å²) in [5, 5.41) is 9.75. The van der Waals surface area contributed by atoms with E-state index in [1.807, 2.05) is 12.1 Å². The van der Waals surface area contributed by atoms with E-state index in [-0.39, 0.29) is 0 Å². The Morgan fingerprint density at radius 2 is 2.16 bits per heavy atom. The van der Waals surface area contributed by atoms with Crippen molar-refractivity contribution < 1.29 is 5.11 Å². The molecule has 1 N–H and O–H groups in total. The van der Waals surface area contributed by atoms with Crippen molar-refractivity contribution in [2.24, 2.45) is 11.3 Å². The molecule has 3 aliphatic rings. The van der Waals surface area contributed by atoms with Gasteiger partial charge in [-0.15, -0.1) is 0 Å². The van der Waals surface area contributed by atoms with E-state index in [0.717, 1.165) is 5.92 Å². The largest absolute Gasteiger partial charge is 0.508 e. The summed E-state index contributed by atoms with van der Waals surface area (Å²) >= 11 is 0. The lowest BCUT2D eigenvalue weighted by Crippen LogP contribution is -2.52. The highest BCUT2D eigenvalue weighted by molar-refractivity contribution is 5.41. The van der Waals surface area contributed by atoms with E-state index in [1.54, 1.807) is 0 Å². The molecule has 2 fully saturated rings. The number of benzene rings is 1. The first-order chi connectivity index (χ1) is 9.16. The van der Waals surface area contributed by atoms with E-state index in [0.29, 0.717) is 17.1 Å². The van der Waals surface area contributed by atoms with Gasteiger partial charge in [-0.25, -0.2) is 0 Å². The lowest BCUT2D eigenvalue weighted by molar-refractivity contribution is -0.0108. The third-order valence-corrected chi connectivity index (χ3v) is 5.94. The second kappa shape index (κ2) is 3.99. The highest BCUT2D eigenvalue weighted by Gasteiger charge is 2.49. The molecule has 1 aliphatic heterocycles. The van der Waals surface area contributed by atoms with Crippen LogP contribution in [0.15, 0.2) is 18.2 Å². The summed E-state index contributed by atoms with van der Waals surface area (Å²) in [5.41, 5.74) is 3.48. The van der Waals surface area contributed by atoms with E-state index in [9.17, 15) is 5.11 Å². The quantitative estimate of drug-likeness (QED) is 0.771. The Labute approximate surface area is 115 Å². The molecule has 2 bridgehead atoms. The number of piperidine rings is 1. The van der Waals surface area contributed by atoms with Gasteiger partial charge in [0, 0.05) is 6.54 Å². The van der Waals surface area contributed by atoms with Gasteiger partial charge in [0.25, 0.3) is 0 Å². The van der Waals surface area contributed by atoms with Gasteiger partial charge in [0.2, 0.25) is 0 Å². The standard InChI is InChI=1S/C17H23NO/c1-18-7-6-14-4-2-12-9-17(14,11-18)10-13-3-5-15(19)8-16(12)13/h3,5,8,12,14,19H,2,4,6-7,9-11H2,1H3/t12-,14-,17+/m1/s1. The summed E-state index contributed by atoms with van der Waals surface area (Å²) in [5.74, 6) is 2.07. The third-order valence-electron chi connectivity index (χ3n) is 5.94. The molecule has 102 valence electrons. The maximum absolute atomic E-state index is 9.75. The minimum atomic E-state index is 0.442. The number of phenolic OH excluding ortho intramolecular Hbond substituents is 1. The van der Waals surface area contributed by atoms with Crippen LogP contribution in [-0.4, -0.2) is 30.1 Å². The SMILES string of the molecule is CN1CC[C@H]2CC[C@@H]3C[C@]2(Cc2ccc(O)cc23)C1. The fourth-order valence-corrected chi connectivity index (χ4v) is 5.15. The van der Waals surface area contributed by atoms with Crippen molar-refractivity contribution in [3.63, 3.8) is 0 Å². The van der Waals surface area contributed by atoms with Crippen molar-refractivity contribution in [3.05, 3.63) is 29.3 Å². The lowest BCUT2D eigenvalue weighted by Gasteiger charge is -2.55. The number of rotatable bonds is 0. The first-order valence-corrected chi connectivity index (χ1v) is 7.67. The molecule has 2 aliphatic carbocycles. The van der Waals surface area contributed by atoms with Crippen LogP contribution in [0, 0.1) is 11.3 Å². The molecule has 1 aromatic rings. The van der Waals surface area contributed by atoms with Crippen molar-refractivity contribution in [2.45, 2.75) is 38.0 Å². The maximum Gasteiger partial charge on any atom is 0.115 e. The third kappa shape index (κ3) is 1.73. The average Bonchev–Trinajstić information content (AvgIpc) is 2.39. The topological polar surface area (TPSA) is 23.5 Å². The Kier molecular flexibility index (Phi) is 2.47. The van der Waals surface area contributed by atoms with Crippen LogP contribution in [0.4, 0.5) is 0 Å². The molecular weight excluding hydrogens is 234 g/mol. The summed E-state index contributed by atoms with van der Waals surface area (Å²) < 4.78 is 0. The first kappa shape index (κ1) is 11.8. The summed E-state index contributed by atoms with van der Waals surface area (Å²) in [4.78, 5) is 2.53. The van der Waals surface area contributed by atoms with Gasteiger partial charge in [-0.1, -0.05) is 6.07 Å². The second-order valence-electron chi connectivity index (χ2n) is 7.12. The summed E-state index contributed by atoms with van der Waals surface area (Å²) in [6.07, 6.45) is 6.68. The molecule has 19 heavy (non-hydrogen) atoms. The van der Waals surface area contributed by atoms with E-state index in [4.69, 9.17) is 0 Å². The number of phenols is 1. The molecule has 3 atom stereocenters. The number of nitrogens with zero attached hydrogens (tertiary/aromatic N) is 1. The summed E-state index contributed by atoms with van der Waals surface area (Å²) in [6, 6.07) is 6.08. The van der Waals surface area contributed by atoms with Gasteiger partial charge in [-0.05, 0) is 86.2 Å². The van der Waals surface area contributed by atoms with Crippen molar-refractivity contribution in [2.75, 3.05) is 20.1 Å². The fourth-order valence-electron chi connectivity index (χ4n) is 5.15. The first-order valence-electron chi connectivity index (χ1n) is 7.67. The molecule has 2 heteroatoms. The predicted octanol–water partition coefficient (Wildman–Crippen LogP) is 3.15. The molecule has 0 aromatic heterocycles. The van der Waals surface area contributed by atoms with Crippen molar-refractivity contribution in [1.29, 1.82) is 0 Å². The van der Waals surface area contributed by atoms with Crippen molar-refractivity contribution in [3.8, 4) is 5.75 Å². The predicted molar refractivity (Wildman–Crippen MR) is 76.4 cm³/mol. The molecule has 1 saturated carbocycles. The minimum Gasteiger partial charge on any atom is -0.508 e. The smallest absolute Gasteiger partial charge is 0.115 e. The van der Waals surface area contributed by atoms with Gasteiger partial charge >= 0.3 is 0 Å². The van der Waals surface area contributed by atoms with Crippen LogP contribution < -0.4 is 0 Å². The van der Waals surface area contributed by atoms with Crippen molar-refractivity contribution >= 4 is 0 Å². The van der Waals surface area contributed by atoms with Gasteiger partial charge < -0.3 is 10.0 Å². The van der Waals surface area contributed by atoms with Gasteiger partial charge in [-0.2, -0.15) is 0 Å². The van der Waals surface area contributed by atoms with E-state index < -0.39 is 0 Å². The monoisotopic (exact) mass is 257 g/mol. The molecule has 1 aromatic carbocycles. The summed E-state index contributed by atoms with van der Waals surface area (Å²) in [7, 11) is 2.28. The Morgan fingerprint density at radius 3 is 3.05 bits per heavy atom. The Hall–Kier alpha value is -1.02. The Morgan fingerprint density at radius 1 is 1.26 bits per heavy atom. The van der Waals surface area contributed by atoms with E-state index in [1.165, 1.54) is 56.3 Å². The molecule has 0 amide bonds. The number of aromatic hydroxyl groups is 1. The molecule has 0 radical (unpaired) electrons. The second-order valence-corrected chi connectivity index (χ2v) is 7.12. The van der Waals surface area contributed by atoms with Crippen LogP contribution in [0.25, 0.3) is 0 Å². The number of hydrogen-bond donors (Lipinski definition) is 1. The maximum atomic E-state index is 9.75. The zero-order valence-electron chi connectivity index (χ0n) is 11.7. The summed E-state index contributed by atoms with van der Waals surface area (Å²) in [6.45, 7) is 2.55. The lowest BCUT2D eigenvalue weighted by atomic mass is 9.53. The van der Waals surface area contributed by atoms with Crippen LogP contribution in [0.1, 0.15) is 42.7 Å². The number of hydrogen-bond acceptors (Lipinski definition) is 2. The zero-order valence-corrected chi connectivity index (χ0v) is 11.7. The van der Waals surface area contributed by atoms with Gasteiger partial charge in [-0.3, -0.25) is 0 Å². The van der Waals surface area contributed by atoms with Crippen molar-refractivity contribution in [1.82, 2.24) is 4.90 Å². The van der Waals surface area contributed by atoms with Crippen LogP contribution in [0.5, 0.6) is 5.75 Å². The highest BCUT2D eigenvalue weighted by atomic mass is 16.3. The molecule has 1 saturated heterocycles. The van der Waals surface area contributed by atoms with Crippen LogP contribution in [-0.2, 0) is 6.42 Å².